The van der Waals surface area contributed by atoms with E-state index in [0.717, 1.165) is 49.7 Å². The first-order valence-electron chi connectivity index (χ1n) is 10.1. The van der Waals surface area contributed by atoms with Crippen LogP contribution >= 0.6 is 11.6 Å². The minimum absolute atomic E-state index is 0.0876. The monoisotopic (exact) mass is 406 g/mol. The molecule has 1 amide bonds. The van der Waals surface area contributed by atoms with E-state index in [1.807, 2.05) is 35.2 Å². The number of fused-ring (bicyclic) bond motifs is 2. The minimum atomic E-state index is 0.0876. The van der Waals surface area contributed by atoms with Crippen molar-refractivity contribution in [3.8, 4) is 0 Å². The van der Waals surface area contributed by atoms with E-state index in [1.165, 1.54) is 11.3 Å². The average Bonchev–Trinajstić information content (AvgIpc) is 3.23. The van der Waals surface area contributed by atoms with Crippen LogP contribution in [0.15, 0.2) is 70.9 Å². The standard InChI is InChI=1S/C23H23ClN4O/c24-19-8-6-18(7-9-19)15-28-22(29)20-16-26(14-17-4-2-1-3-5-17)12-10-21(20)27-13-11-25-23(27)28/h1-9H,10-16H2. The Morgan fingerprint density at radius 2 is 1.69 bits per heavy atom. The van der Waals surface area contributed by atoms with Gasteiger partial charge in [-0.25, -0.2) is 0 Å². The highest BCUT2D eigenvalue weighted by molar-refractivity contribution is 6.30. The van der Waals surface area contributed by atoms with Crippen molar-refractivity contribution >= 4 is 23.5 Å². The van der Waals surface area contributed by atoms with Crippen molar-refractivity contribution in [2.75, 3.05) is 26.2 Å². The van der Waals surface area contributed by atoms with Crippen molar-refractivity contribution in [1.29, 1.82) is 0 Å². The predicted molar refractivity (Wildman–Crippen MR) is 114 cm³/mol. The molecule has 0 fully saturated rings. The molecule has 0 atom stereocenters. The maximum absolute atomic E-state index is 13.5. The Kier molecular flexibility index (Phi) is 4.86. The molecule has 0 saturated heterocycles. The molecule has 3 heterocycles. The maximum atomic E-state index is 13.5. The molecule has 0 N–H and O–H groups in total. The fourth-order valence-electron chi connectivity index (χ4n) is 4.37. The third-order valence-electron chi connectivity index (χ3n) is 5.79. The molecule has 29 heavy (non-hydrogen) atoms. The lowest BCUT2D eigenvalue weighted by Crippen LogP contribution is -2.53. The summed E-state index contributed by atoms with van der Waals surface area (Å²) < 4.78 is 0. The third kappa shape index (κ3) is 3.56. The molecule has 3 aliphatic heterocycles. The van der Waals surface area contributed by atoms with Gasteiger partial charge in [0, 0.05) is 43.3 Å². The van der Waals surface area contributed by atoms with Crippen LogP contribution in [0.3, 0.4) is 0 Å². The molecule has 0 bridgehead atoms. The Morgan fingerprint density at radius 3 is 2.48 bits per heavy atom. The van der Waals surface area contributed by atoms with Crippen LogP contribution in [0.4, 0.5) is 0 Å². The number of halogens is 1. The zero-order valence-electron chi connectivity index (χ0n) is 16.2. The molecule has 2 aromatic rings. The molecule has 0 aliphatic carbocycles. The fourth-order valence-corrected chi connectivity index (χ4v) is 4.49. The van der Waals surface area contributed by atoms with Crippen molar-refractivity contribution in [3.63, 3.8) is 0 Å². The highest BCUT2D eigenvalue weighted by Gasteiger charge is 2.40. The average molecular weight is 407 g/mol. The highest BCUT2D eigenvalue weighted by Crippen LogP contribution is 2.32. The van der Waals surface area contributed by atoms with Crippen molar-refractivity contribution in [1.82, 2.24) is 14.7 Å². The molecule has 2 aromatic carbocycles. The van der Waals surface area contributed by atoms with E-state index in [-0.39, 0.29) is 5.91 Å². The molecular weight excluding hydrogens is 384 g/mol. The van der Waals surface area contributed by atoms with Crippen molar-refractivity contribution < 1.29 is 4.79 Å². The molecule has 3 aliphatic rings. The number of carbonyl (C=O) groups is 1. The summed E-state index contributed by atoms with van der Waals surface area (Å²) in [5, 5.41) is 0.701. The Labute approximate surface area is 175 Å². The van der Waals surface area contributed by atoms with Gasteiger partial charge in [0.2, 0.25) is 5.96 Å². The zero-order chi connectivity index (χ0) is 19.8. The number of aliphatic imine (C=N–C) groups is 1. The largest absolute Gasteiger partial charge is 0.314 e. The smallest absolute Gasteiger partial charge is 0.259 e. The molecular formula is C23H23ClN4O. The molecule has 0 spiro atoms. The van der Waals surface area contributed by atoms with E-state index in [0.29, 0.717) is 18.1 Å². The molecule has 0 saturated carbocycles. The van der Waals surface area contributed by atoms with Crippen LogP contribution in [0.2, 0.25) is 5.02 Å². The van der Waals surface area contributed by atoms with Crippen LogP contribution in [0.5, 0.6) is 0 Å². The van der Waals surface area contributed by atoms with E-state index in [9.17, 15) is 4.79 Å². The summed E-state index contributed by atoms with van der Waals surface area (Å²) in [6, 6.07) is 18.1. The summed E-state index contributed by atoms with van der Waals surface area (Å²) in [5.41, 5.74) is 4.42. The second-order valence-electron chi connectivity index (χ2n) is 7.72. The summed E-state index contributed by atoms with van der Waals surface area (Å²) in [4.78, 5) is 24.6. The van der Waals surface area contributed by atoms with Gasteiger partial charge in [0.1, 0.15) is 0 Å². The van der Waals surface area contributed by atoms with E-state index in [1.54, 1.807) is 0 Å². The van der Waals surface area contributed by atoms with Crippen molar-refractivity contribution in [2.24, 2.45) is 4.99 Å². The molecule has 5 nitrogen and oxygen atoms in total. The highest BCUT2D eigenvalue weighted by atomic mass is 35.5. The molecule has 5 rings (SSSR count). The van der Waals surface area contributed by atoms with Gasteiger partial charge in [0.15, 0.2) is 0 Å². The van der Waals surface area contributed by atoms with Gasteiger partial charge in [-0.3, -0.25) is 19.6 Å². The van der Waals surface area contributed by atoms with Gasteiger partial charge in [0.25, 0.3) is 5.91 Å². The topological polar surface area (TPSA) is 39.2 Å². The molecule has 6 heteroatoms. The number of nitrogens with zero attached hydrogens (tertiary/aromatic N) is 4. The lowest BCUT2D eigenvalue weighted by molar-refractivity contribution is -0.125. The number of hydrogen-bond donors (Lipinski definition) is 0. The quantitative estimate of drug-likeness (QED) is 0.780. The fraction of sp³-hybridized carbons (Fsp3) is 0.304. The van der Waals surface area contributed by atoms with E-state index >= 15 is 0 Å². The van der Waals surface area contributed by atoms with Gasteiger partial charge in [-0.15, -0.1) is 0 Å². The van der Waals surface area contributed by atoms with Gasteiger partial charge in [-0.2, -0.15) is 0 Å². The van der Waals surface area contributed by atoms with Gasteiger partial charge in [-0.05, 0) is 23.3 Å². The molecule has 148 valence electrons. The van der Waals surface area contributed by atoms with Crippen LogP contribution in [-0.4, -0.2) is 52.7 Å². The van der Waals surface area contributed by atoms with E-state index in [4.69, 9.17) is 11.6 Å². The number of benzene rings is 2. The van der Waals surface area contributed by atoms with Gasteiger partial charge in [0.05, 0.1) is 18.7 Å². The molecule has 0 aromatic heterocycles. The van der Waals surface area contributed by atoms with Crippen LogP contribution in [-0.2, 0) is 17.9 Å². The van der Waals surface area contributed by atoms with Crippen LogP contribution in [0, 0.1) is 0 Å². The summed E-state index contributed by atoms with van der Waals surface area (Å²) in [6.45, 7) is 4.62. The normalized spacial score (nSPS) is 19.3. The second-order valence-corrected chi connectivity index (χ2v) is 8.16. The van der Waals surface area contributed by atoms with Crippen molar-refractivity contribution in [3.05, 3.63) is 82.0 Å². The number of amides is 1. The zero-order valence-corrected chi connectivity index (χ0v) is 17.0. The van der Waals surface area contributed by atoms with Crippen molar-refractivity contribution in [2.45, 2.75) is 19.5 Å². The van der Waals surface area contributed by atoms with Gasteiger partial charge >= 0.3 is 0 Å². The summed E-state index contributed by atoms with van der Waals surface area (Å²) in [6.07, 6.45) is 0.891. The van der Waals surface area contributed by atoms with Crippen LogP contribution in [0.25, 0.3) is 0 Å². The first-order chi connectivity index (χ1) is 14.2. The number of hydrogen-bond acceptors (Lipinski definition) is 4. The minimum Gasteiger partial charge on any atom is -0.314 e. The third-order valence-corrected chi connectivity index (χ3v) is 6.04. The Bertz CT molecular complexity index is 984. The molecule has 0 unspecified atom stereocenters. The lowest BCUT2D eigenvalue weighted by Gasteiger charge is -2.42. The summed E-state index contributed by atoms with van der Waals surface area (Å²) in [7, 11) is 0. The second kappa shape index (κ2) is 7.65. The SMILES string of the molecule is O=C1C2=C(CCN(Cc3ccccc3)C2)N2CCN=C2N1Cc1ccc(Cl)cc1. The Hall–Kier alpha value is -2.63. The van der Waals surface area contributed by atoms with E-state index < -0.39 is 0 Å². The van der Waals surface area contributed by atoms with Crippen LogP contribution in [0.1, 0.15) is 17.5 Å². The summed E-state index contributed by atoms with van der Waals surface area (Å²) >= 11 is 6.02. The first kappa shape index (κ1) is 18.4. The van der Waals surface area contributed by atoms with Gasteiger partial charge < -0.3 is 4.90 Å². The maximum Gasteiger partial charge on any atom is 0.259 e. The summed E-state index contributed by atoms with van der Waals surface area (Å²) in [5.74, 6) is 0.893. The van der Waals surface area contributed by atoms with Crippen LogP contribution < -0.4 is 0 Å². The molecule has 0 radical (unpaired) electrons. The predicted octanol–water partition coefficient (Wildman–Crippen LogP) is 3.51. The lowest BCUT2D eigenvalue weighted by atomic mass is 10.00. The number of guanidine groups is 1. The number of rotatable bonds is 4. The Balaban J connectivity index is 1.40. The number of carbonyl (C=O) groups excluding carboxylic acids is 1. The van der Waals surface area contributed by atoms with Gasteiger partial charge in [-0.1, -0.05) is 54.1 Å². The van der Waals surface area contributed by atoms with E-state index in [2.05, 4.69) is 39.1 Å². The Morgan fingerprint density at radius 1 is 0.931 bits per heavy atom. The first-order valence-corrected chi connectivity index (χ1v) is 10.4.